The molecule has 0 bridgehead atoms. The highest BCUT2D eigenvalue weighted by Gasteiger charge is 2.44. The zero-order valence-corrected chi connectivity index (χ0v) is 28.2. The summed E-state index contributed by atoms with van der Waals surface area (Å²) >= 11 is 0. The number of nitrogens with zero attached hydrogens (tertiary/aromatic N) is 3. The van der Waals surface area contributed by atoms with Crippen LogP contribution in [0.15, 0.2) is 48.9 Å². The van der Waals surface area contributed by atoms with Crippen LogP contribution in [-0.4, -0.2) is 80.9 Å². The molecule has 1 fully saturated rings. The number of benzene rings is 1. The Balaban J connectivity index is 1.71. The van der Waals surface area contributed by atoms with Gasteiger partial charge in [-0.15, -0.1) is 0 Å². The Morgan fingerprint density at radius 2 is 1.53 bits per heavy atom. The lowest BCUT2D eigenvalue weighted by molar-refractivity contribution is -0.145. The van der Waals surface area contributed by atoms with Crippen molar-refractivity contribution in [3.63, 3.8) is 0 Å². The maximum Gasteiger partial charge on any atom is 0.290 e. The summed E-state index contributed by atoms with van der Waals surface area (Å²) in [7, 11) is 0. The molecular weight excluding hydrogens is 602 g/mol. The Morgan fingerprint density at radius 1 is 0.872 bits per heavy atom. The molecule has 0 spiro atoms. The number of hydrogen-bond donors (Lipinski definition) is 4. The molecule has 0 saturated carbocycles. The van der Waals surface area contributed by atoms with Crippen molar-refractivity contribution in [2.45, 2.75) is 91.5 Å². The Bertz CT molecular complexity index is 1420. The molecule has 47 heavy (non-hydrogen) atoms. The minimum Gasteiger partial charge on any atom is -0.344 e. The molecule has 1 aliphatic rings. The average molecular weight is 650 g/mol. The van der Waals surface area contributed by atoms with Gasteiger partial charge in [0.1, 0.15) is 23.8 Å². The lowest BCUT2D eigenvalue weighted by atomic mass is 9.97. The summed E-state index contributed by atoms with van der Waals surface area (Å²) in [5, 5.41) is 10.9. The van der Waals surface area contributed by atoms with Gasteiger partial charge in [0.25, 0.3) is 11.8 Å². The standard InChI is InChI=1S/C34H47N7O6/c1-8-24(29(42)33(46)37-22(7)23-12-10-9-11-13-23)38-32(45)28-21(6)14-17-41(28)34(47)27(20(4)5)40-31(44)26(19(2)3)39-30(43)25-18-35-15-16-36-25/h9-13,15-16,18-22,24,26-28H,8,14,17H2,1-7H3,(H,37,46)(H,38,45)(H,39,43)(H,40,44)/t21-,22-,24?,26-,27-,28-/m0/s1. The highest BCUT2D eigenvalue weighted by molar-refractivity contribution is 6.38. The van der Waals surface area contributed by atoms with Crippen LogP contribution in [-0.2, 0) is 24.0 Å². The van der Waals surface area contributed by atoms with E-state index in [0.29, 0.717) is 6.42 Å². The maximum atomic E-state index is 14.0. The van der Waals surface area contributed by atoms with Gasteiger partial charge in [-0.3, -0.25) is 33.8 Å². The van der Waals surface area contributed by atoms with Crippen molar-refractivity contribution >= 4 is 35.3 Å². The summed E-state index contributed by atoms with van der Waals surface area (Å²) in [5.41, 5.74) is 0.883. The lowest BCUT2D eigenvalue weighted by Gasteiger charge is -2.33. The summed E-state index contributed by atoms with van der Waals surface area (Å²) in [6.45, 7) is 12.7. The number of Topliss-reactive ketones (excluding diaryl/α,β-unsaturated/α-hetero) is 1. The van der Waals surface area contributed by atoms with Gasteiger partial charge in [-0.25, -0.2) is 4.98 Å². The van der Waals surface area contributed by atoms with E-state index in [9.17, 15) is 28.8 Å². The van der Waals surface area contributed by atoms with Gasteiger partial charge in [0.05, 0.1) is 18.3 Å². The molecule has 13 heteroatoms. The molecule has 1 aromatic heterocycles. The van der Waals surface area contributed by atoms with E-state index < -0.39 is 65.5 Å². The van der Waals surface area contributed by atoms with Crippen LogP contribution in [0.2, 0.25) is 0 Å². The molecule has 1 saturated heterocycles. The number of carbonyl (C=O) groups excluding carboxylic acids is 6. The first-order valence-corrected chi connectivity index (χ1v) is 16.1. The van der Waals surface area contributed by atoms with Crippen LogP contribution < -0.4 is 21.3 Å². The predicted molar refractivity (Wildman–Crippen MR) is 174 cm³/mol. The topological polar surface area (TPSA) is 180 Å². The first-order chi connectivity index (χ1) is 22.3. The second-order valence-electron chi connectivity index (χ2n) is 12.7. The molecule has 13 nitrogen and oxygen atoms in total. The van der Waals surface area contributed by atoms with Crippen molar-refractivity contribution in [3.8, 4) is 0 Å². The van der Waals surface area contributed by atoms with Crippen LogP contribution in [0.25, 0.3) is 0 Å². The number of nitrogens with one attached hydrogen (secondary N) is 4. The maximum absolute atomic E-state index is 14.0. The molecule has 1 aromatic carbocycles. The highest BCUT2D eigenvalue weighted by atomic mass is 16.2. The fourth-order valence-corrected chi connectivity index (χ4v) is 5.56. The Kier molecular flexibility index (Phi) is 13.1. The van der Waals surface area contributed by atoms with Gasteiger partial charge in [-0.1, -0.05) is 71.9 Å². The molecule has 0 radical (unpaired) electrons. The van der Waals surface area contributed by atoms with E-state index in [1.165, 1.54) is 23.5 Å². The zero-order valence-electron chi connectivity index (χ0n) is 28.2. The fourth-order valence-electron chi connectivity index (χ4n) is 5.56. The van der Waals surface area contributed by atoms with E-state index in [2.05, 4.69) is 31.2 Å². The lowest BCUT2D eigenvalue weighted by Crippen LogP contribution is -2.60. The van der Waals surface area contributed by atoms with E-state index in [0.717, 1.165) is 5.56 Å². The van der Waals surface area contributed by atoms with Crippen LogP contribution in [0, 0.1) is 17.8 Å². The minimum absolute atomic E-state index is 0.0504. The molecule has 1 unspecified atom stereocenters. The van der Waals surface area contributed by atoms with Crippen molar-refractivity contribution < 1.29 is 28.8 Å². The van der Waals surface area contributed by atoms with E-state index in [4.69, 9.17) is 0 Å². The van der Waals surface area contributed by atoms with Gasteiger partial charge in [-0.2, -0.15) is 0 Å². The van der Waals surface area contributed by atoms with Crippen LogP contribution in [0.4, 0.5) is 0 Å². The van der Waals surface area contributed by atoms with E-state index >= 15 is 0 Å². The largest absolute Gasteiger partial charge is 0.344 e. The van der Waals surface area contributed by atoms with Crippen molar-refractivity contribution in [1.82, 2.24) is 36.1 Å². The normalized spacial score (nSPS) is 18.5. The third kappa shape index (κ3) is 9.43. The van der Waals surface area contributed by atoms with Crippen LogP contribution in [0.3, 0.4) is 0 Å². The fraction of sp³-hybridized carbons (Fsp3) is 0.529. The van der Waals surface area contributed by atoms with Crippen molar-refractivity contribution in [1.29, 1.82) is 0 Å². The molecule has 4 N–H and O–H groups in total. The van der Waals surface area contributed by atoms with Crippen molar-refractivity contribution in [2.75, 3.05) is 6.54 Å². The second kappa shape index (κ2) is 16.8. The first-order valence-electron chi connectivity index (χ1n) is 16.1. The van der Waals surface area contributed by atoms with Crippen molar-refractivity contribution in [2.24, 2.45) is 17.8 Å². The quantitative estimate of drug-likeness (QED) is 0.224. The number of rotatable bonds is 14. The summed E-state index contributed by atoms with van der Waals surface area (Å²) in [4.78, 5) is 89.0. The number of amides is 5. The summed E-state index contributed by atoms with van der Waals surface area (Å²) in [6, 6.07) is 4.83. The van der Waals surface area contributed by atoms with Gasteiger partial charge in [0.2, 0.25) is 23.5 Å². The van der Waals surface area contributed by atoms with Crippen LogP contribution >= 0.6 is 0 Å². The number of aromatic nitrogens is 2. The molecular formula is C34H47N7O6. The first kappa shape index (κ1) is 36.8. The predicted octanol–water partition coefficient (Wildman–Crippen LogP) is 1.95. The van der Waals surface area contributed by atoms with Gasteiger partial charge in [-0.05, 0) is 43.1 Å². The molecule has 5 amide bonds. The Hall–Kier alpha value is -4.68. The van der Waals surface area contributed by atoms with Crippen molar-refractivity contribution in [3.05, 3.63) is 60.2 Å². The van der Waals surface area contributed by atoms with Gasteiger partial charge < -0.3 is 26.2 Å². The van der Waals surface area contributed by atoms with Crippen LogP contribution in [0.5, 0.6) is 0 Å². The molecule has 3 rings (SSSR count). The zero-order chi connectivity index (χ0) is 34.8. The monoisotopic (exact) mass is 649 g/mol. The molecule has 1 aliphatic heterocycles. The van der Waals surface area contributed by atoms with E-state index in [1.54, 1.807) is 41.5 Å². The third-order valence-corrected chi connectivity index (χ3v) is 8.43. The number of hydrogen-bond acceptors (Lipinski definition) is 8. The third-order valence-electron chi connectivity index (χ3n) is 8.43. The van der Waals surface area contributed by atoms with Gasteiger partial charge in [0, 0.05) is 18.9 Å². The Morgan fingerprint density at radius 3 is 2.11 bits per heavy atom. The van der Waals surface area contributed by atoms with Gasteiger partial charge in [0.15, 0.2) is 0 Å². The second-order valence-corrected chi connectivity index (χ2v) is 12.7. The van der Waals surface area contributed by atoms with Crippen LogP contribution in [0.1, 0.15) is 83.4 Å². The molecule has 6 atom stereocenters. The van der Waals surface area contributed by atoms with E-state index in [1.807, 2.05) is 37.3 Å². The SMILES string of the molecule is CCC(NC(=O)[C@@H]1[C@@H](C)CCN1C(=O)[C@@H](NC(=O)[C@@H](NC(=O)c1cnccn1)C(C)C)C(C)C)C(=O)C(=O)N[C@@H](C)c1ccccc1. The Labute approximate surface area is 276 Å². The summed E-state index contributed by atoms with van der Waals surface area (Å²) in [5.74, 6) is -4.62. The molecule has 254 valence electrons. The number of ketones is 1. The van der Waals surface area contributed by atoms with E-state index in [-0.39, 0.29) is 36.4 Å². The highest BCUT2D eigenvalue weighted by Crippen LogP contribution is 2.26. The molecule has 0 aliphatic carbocycles. The molecule has 2 aromatic rings. The number of carbonyl (C=O) groups is 6. The summed E-state index contributed by atoms with van der Waals surface area (Å²) < 4.78 is 0. The number of likely N-dealkylation sites (tertiary alicyclic amines) is 1. The minimum atomic E-state index is -1.08. The smallest absolute Gasteiger partial charge is 0.290 e. The summed E-state index contributed by atoms with van der Waals surface area (Å²) in [6.07, 6.45) is 4.80. The van der Waals surface area contributed by atoms with Gasteiger partial charge >= 0.3 is 0 Å². The molecule has 2 heterocycles. The average Bonchev–Trinajstić information content (AvgIpc) is 3.45.